The number of hydrogen-bond acceptors (Lipinski definition) is 3. The Morgan fingerprint density at radius 1 is 1.17 bits per heavy atom. The lowest BCUT2D eigenvalue weighted by Crippen LogP contribution is -2.35. The van der Waals surface area contributed by atoms with Crippen LogP contribution in [-0.2, 0) is 10.9 Å². The summed E-state index contributed by atoms with van der Waals surface area (Å²) in [6, 6.07) is 5.31. The van der Waals surface area contributed by atoms with Crippen molar-refractivity contribution in [2.45, 2.75) is 37.6 Å². The molecule has 0 radical (unpaired) electrons. The van der Waals surface area contributed by atoms with Gasteiger partial charge in [-0.3, -0.25) is 4.90 Å². The Bertz CT molecular complexity index is 508. The lowest BCUT2D eigenvalue weighted by atomic mass is 10.0. The van der Waals surface area contributed by atoms with Crippen molar-refractivity contribution in [1.29, 1.82) is 0 Å². The smallest absolute Gasteiger partial charge is 0.387 e. The van der Waals surface area contributed by atoms with Crippen LogP contribution in [0.25, 0.3) is 0 Å². The number of ether oxygens (including phenoxy) is 1. The second-order valence-corrected chi connectivity index (χ2v) is 6.55. The Labute approximate surface area is 134 Å². The molecule has 3 rings (SSSR count). The molecule has 0 bridgehead atoms. The molecule has 128 valence electrons. The summed E-state index contributed by atoms with van der Waals surface area (Å²) in [7, 11) is 0. The van der Waals surface area contributed by atoms with Gasteiger partial charge in [0.25, 0.3) is 0 Å². The van der Waals surface area contributed by atoms with Gasteiger partial charge in [0.1, 0.15) is 0 Å². The first-order valence-electron chi connectivity index (χ1n) is 8.10. The highest BCUT2D eigenvalue weighted by Crippen LogP contribution is 2.32. The molecule has 1 aromatic carbocycles. The number of alkyl halides is 3. The van der Waals surface area contributed by atoms with Gasteiger partial charge in [0.15, 0.2) is 0 Å². The largest absolute Gasteiger partial charge is 0.416 e. The Morgan fingerprint density at radius 2 is 1.87 bits per heavy atom. The summed E-state index contributed by atoms with van der Waals surface area (Å²) in [6.45, 7) is 2.92. The van der Waals surface area contributed by atoms with Crippen LogP contribution in [0.15, 0.2) is 24.3 Å². The molecule has 0 spiro atoms. The molecular formula is C17H22F3NO2. The van der Waals surface area contributed by atoms with Crippen LogP contribution in [0.1, 0.15) is 36.5 Å². The van der Waals surface area contributed by atoms with E-state index in [2.05, 4.69) is 4.90 Å². The number of nitrogens with zero attached hydrogens (tertiary/aromatic N) is 1. The van der Waals surface area contributed by atoms with E-state index >= 15 is 0 Å². The van der Waals surface area contributed by atoms with Gasteiger partial charge in [-0.15, -0.1) is 0 Å². The average Bonchev–Trinajstić information content (AvgIpc) is 3.24. The first kappa shape index (κ1) is 16.7. The van der Waals surface area contributed by atoms with Gasteiger partial charge in [-0.1, -0.05) is 12.1 Å². The van der Waals surface area contributed by atoms with Crippen LogP contribution in [0.2, 0.25) is 0 Å². The van der Waals surface area contributed by atoms with Crippen molar-refractivity contribution in [1.82, 2.24) is 4.90 Å². The maximum absolute atomic E-state index is 12.6. The summed E-state index contributed by atoms with van der Waals surface area (Å²) in [5, 5.41) is 10.4. The van der Waals surface area contributed by atoms with Crippen LogP contribution < -0.4 is 0 Å². The number of aliphatic hydroxyl groups is 1. The number of aliphatic hydroxyl groups excluding tert-OH is 1. The lowest BCUT2D eigenvalue weighted by Gasteiger charge is -2.27. The maximum atomic E-state index is 12.6. The zero-order chi connectivity index (χ0) is 16.4. The van der Waals surface area contributed by atoms with Crippen LogP contribution in [0.5, 0.6) is 0 Å². The fourth-order valence-electron chi connectivity index (χ4n) is 3.09. The first-order chi connectivity index (χ1) is 10.9. The summed E-state index contributed by atoms with van der Waals surface area (Å²) < 4.78 is 43.2. The highest BCUT2D eigenvalue weighted by molar-refractivity contribution is 5.26. The first-order valence-corrected chi connectivity index (χ1v) is 8.10. The molecule has 1 aromatic rings. The highest BCUT2D eigenvalue weighted by atomic mass is 19.4. The van der Waals surface area contributed by atoms with Gasteiger partial charge in [0.2, 0.25) is 0 Å². The minimum atomic E-state index is -4.34. The summed E-state index contributed by atoms with van der Waals surface area (Å²) in [5.74, 6) is 0.496. The van der Waals surface area contributed by atoms with E-state index in [4.69, 9.17) is 4.74 Å². The van der Waals surface area contributed by atoms with Crippen LogP contribution in [0, 0.1) is 5.92 Å². The van der Waals surface area contributed by atoms with Crippen molar-refractivity contribution in [2.24, 2.45) is 5.92 Å². The van der Waals surface area contributed by atoms with Crippen molar-refractivity contribution >= 4 is 0 Å². The van der Waals surface area contributed by atoms with E-state index in [1.807, 2.05) is 0 Å². The fraction of sp³-hybridized carbons (Fsp3) is 0.647. The van der Waals surface area contributed by atoms with Gasteiger partial charge in [-0.2, -0.15) is 13.2 Å². The molecule has 2 atom stereocenters. The predicted octanol–water partition coefficient (Wildman–Crippen LogP) is 3.24. The quantitative estimate of drug-likeness (QED) is 0.870. The van der Waals surface area contributed by atoms with Crippen LogP contribution in [-0.4, -0.2) is 42.4 Å². The van der Waals surface area contributed by atoms with E-state index in [0.717, 1.165) is 51.2 Å². The van der Waals surface area contributed by atoms with Gasteiger partial charge in [0, 0.05) is 25.7 Å². The third kappa shape index (κ3) is 4.46. The van der Waals surface area contributed by atoms with E-state index in [1.165, 1.54) is 12.1 Å². The standard InChI is InChI=1S/C17H22F3NO2/c18-17(19,20)14-3-1-13(2-4-14)16(22)10-21(15-5-6-15)9-12-7-8-23-11-12/h1-4,12,15-16,22H,5-11H2. The highest BCUT2D eigenvalue weighted by Gasteiger charge is 2.33. The van der Waals surface area contributed by atoms with Crippen molar-refractivity contribution < 1.29 is 23.0 Å². The molecule has 0 amide bonds. The third-order valence-electron chi connectivity index (χ3n) is 4.61. The normalized spacial score (nSPS) is 23.4. The van der Waals surface area contributed by atoms with Crippen molar-refractivity contribution in [3.05, 3.63) is 35.4 Å². The SMILES string of the molecule is OC(CN(CC1CCOC1)C1CC1)c1ccc(C(F)(F)F)cc1. The van der Waals surface area contributed by atoms with Gasteiger partial charge >= 0.3 is 6.18 Å². The van der Waals surface area contributed by atoms with Gasteiger partial charge < -0.3 is 9.84 Å². The minimum Gasteiger partial charge on any atom is -0.387 e. The average molecular weight is 329 g/mol. The molecule has 1 aliphatic carbocycles. The summed E-state index contributed by atoms with van der Waals surface area (Å²) in [5.41, 5.74) is -0.151. The molecule has 1 saturated heterocycles. The second kappa shape index (κ2) is 6.79. The van der Waals surface area contributed by atoms with E-state index < -0.39 is 17.8 Å². The summed E-state index contributed by atoms with van der Waals surface area (Å²) >= 11 is 0. The Morgan fingerprint density at radius 3 is 2.39 bits per heavy atom. The van der Waals surface area contributed by atoms with E-state index in [-0.39, 0.29) is 0 Å². The molecule has 2 unspecified atom stereocenters. The number of hydrogen-bond donors (Lipinski definition) is 1. The zero-order valence-corrected chi connectivity index (χ0v) is 12.9. The Balaban J connectivity index is 1.60. The molecule has 6 heteroatoms. The topological polar surface area (TPSA) is 32.7 Å². The van der Waals surface area contributed by atoms with Crippen molar-refractivity contribution in [3.63, 3.8) is 0 Å². The van der Waals surface area contributed by atoms with Crippen molar-refractivity contribution in [3.8, 4) is 0 Å². The monoisotopic (exact) mass is 329 g/mol. The van der Waals surface area contributed by atoms with Gasteiger partial charge in [-0.25, -0.2) is 0 Å². The van der Waals surface area contributed by atoms with Gasteiger partial charge in [0.05, 0.1) is 18.3 Å². The molecular weight excluding hydrogens is 307 g/mol. The molecule has 23 heavy (non-hydrogen) atoms. The Kier molecular flexibility index (Phi) is 4.94. The molecule has 1 aliphatic heterocycles. The van der Waals surface area contributed by atoms with Crippen molar-refractivity contribution in [2.75, 3.05) is 26.3 Å². The summed E-state index contributed by atoms with van der Waals surface area (Å²) in [4.78, 5) is 2.27. The molecule has 2 aliphatic rings. The second-order valence-electron chi connectivity index (χ2n) is 6.55. The predicted molar refractivity (Wildman–Crippen MR) is 79.9 cm³/mol. The van der Waals surface area contributed by atoms with E-state index in [9.17, 15) is 18.3 Å². The molecule has 1 N–H and O–H groups in total. The number of halogens is 3. The fourth-order valence-corrected chi connectivity index (χ4v) is 3.09. The number of benzene rings is 1. The molecule has 1 saturated carbocycles. The van der Waals surface area contributed by atoms with E-state index in [1.54, 1.807) is 0 Å². The Hall–Kier alpha value is -1.11. The van der Waals surface area contributed by atoms with Crippen LogP contribution in [0.4, 0.5) is 13.2 Å². The van der Waals surface area contributed by atoms with Crippen LogP contribution in [0.3, 0.4) is 0 Å². The molecule has 1 heterocycles. The van der Waals surface area contributed by atoms with Gasteiger partial charge in [-0.05, 0) is 42.9 Å². The van der Waals surface area contributed by atoms with E-state index in [0.29, 0.717) is 24.1 Å². The molecule has 0 aromatic heterocycles. The lowest BCUT2D eigenvalue weighted by molar-refractivity contribution is -0.137. The maximum Gasteiger partial charge on any atom is 0.416 e. The third-order valence-corrected chi connectivity index (χ3v) is 4.61. The zero-order valence-electron chi connectivity index (χ0n) is 12.9. The van der Waals surface area contributed by atoms with Crippen LogP contribution >= 0.6 is 0 Å². The summed E-state index contributed by atoms with van der Waals surface area (Å²) in [6.07, 6.45) is -1.80. The molecule has 2 fully saturated rings. The molecule has 3 nitrogen and oxygen atoms in total. The number of rotatable bonds is 6. The minimum absolute atomic E-state index is 0.465.